The molecule has 0 saturated carbocycles. The van der Waals surface area contributed by atoms with Gasteiger partial charge in [0.1, 0.15) is 11.9 Å². The minimum absolute atomic E-state index is 0.0292. The van der Waals surface area contributed by atoms with Crippen LogP contribution in [-0.4, -0.2) is 55.5 Å². The van der Waals surface area contributed by atoms with Gasteiger partial charge in [0.2, 0.25) is 0 Å². The summed E-state index contributed by atoms with van der Waals surface area (Å²) in [6.07, 6.45) is 3.06. The van der Waals surface area contributed by atoms with Gasteiger partial charge in [-0.3, -0.25) is 15.2 Å². The standard InChI is InChI=1S/C23H22N8O4.C2H4O2/c1-33-17-10-14(9-15-11-34-12-35-19(15)17)18(28-16-5-3-13(4-6-16)20(24)25)21-29-23(32)31(30-21)22-26-7-2-8-27-22;1-2(3)4/h2-10,18,28H,11-12H2,1H3,(H3,24,25)(H,29,30,32);1H3,(H,3,4)/t18-;/m0./s1. The van der Waals surface area contributed by atoms with Crippen molar-refractivity contribution in [2.24, 2.45) is 5.73 Å². The summed E-state index contributed by atoms with van der Waals surface area (Å²) in [5.41, 5.74) is 7.96. The molecule has 14 heteroatoms. The second-order valence-electron chi connectivity index (χ2n) is 8.19. The van der Waals surface area contributed by atoms with Crippen LogP contribution in [0.4, 0.5) is 5.69 Å². The third-order valence-corrected chi connectivity index (χ3v) is 5.41. The Morgan fingerprint density at radius 3 is 2.59 bits per heavy atom. The van der Waals surface area contributed by atoms with Crippen molar-refractivity contribution in [3.63, 3.8) is 0 Å². The van der Waals surface area contributed by atoms with Crippen molar-refractivity contribution in [2.45, 2.75) is 19.6 Å². The highest BCUT2D eigenvalue weighted by Crippen LogP contribution is 2.38. The molecule has 0 saturated heterocycles. The fraction of sp³-hybridized carbons (Fsp3) is 0.200. The first-order valence-electron chi connectivity index (χ1n) is 11.5. The van der Waals surface area contributed by atoms with Crippen LogP contribution >= 0.6 is 0 Å². The van der Waals surface area contributed by atoms with E-state index in [0.717, 1.165) is 28.4 Å². The van der Waals surface area contributed by atoms with E-state index in [1.54, 1.807) is 37.4 Å². The van der Waals surface area contributed by atoms with Crippen molar-refractivity contribution in [2.75, 3.05) is 19.2 Å². The van der Waals surface area contributed by atoms with E-state index < -0.39 is 17.7 Å². The first-order valence-corrected chi connectivity index (χ1v) is 11.5. The summed E-state index contributed by atoms with van der Waals surface area (Å²) in [5.74, 6) is 0.766. The Balaban J connectivity index is 0.000000826. The third-order valence-electron chi connectivity index (χ3n) is 5.41. The first kappa shape index (κ1) is 26.8. The summed E-state index contributed by atoms with van der Waals surface area (Å²) in [6, 6.07) is 11.8. The average molecular weight is 535 g/mol. The van der Waals surface area contributed by atoms with Crippen molar-refractivity contribution in [3.05, 3.63) is 87.9 Å². The molecule has 0 bridgehead atoms. The number of nitrogens with zero attached hydrogens (tertiary/aromatic N) is 4. The summed E-state index contributed by atoms with van der Waals surface area (Å²) in [7, 11) is 1.56. The molecule has 1 aliphatic rings. The van der Waals surface area contributed by atoms with Crippen LogP contribution in [0.25, 0.3) is 5.95 Å². The maximum Gasteiger partial charge on any atom is 0.350 e. The lowest BCUT2D eigenvalue weighted by Crippen LogP contribution is -2.18. The fourth-order valence-corrected chi connectivity index (χ4v) is 3.75. The van der Waals surface area contributed by atoms with Crippen molar-refractivity contribution < 1.29 is 24.1 Å². The Bertz CT molecular complexity index is 1500. The van der Waals surface area contributed by atoms with Gasteiger partial charge in [-0.15, -0.1) is 9.78 Å². The predicted octanol–water partition coefficient (Wildman–Crippen LogP) is 1.80. The Labute approximate surface area is 221 Å². The van der Waals surface area contributed by atoms with Crippen LogP contribution in [0.5, 0.6) is 11.5 Å². The second-order valence-corrected chi connectivity index (χ2v) is 8.19. The van der Waals surface area contributed by atoms with Gasteiger partial charge in [0.25, 0.3) is 11.9 Å². The van der Waals surface area contributed by atoms with Crippen molar-refractivity contribution >= 4 is 17.5 Å². The largest absolute Gasteiger partial charge is 0.493 e. The molecule has 5 rings (SSSR count). The Morgan fingerprint density at radius 1 is 1.26 bits per heavy atom. The number of aromatic nitrogens is 5. The highest BCUT2D eigenvalue weighted by atomic mass is 16.7. The zero-order valence-corrected chi connectivity index (χ0v) is 21.0. The molecule has 2 aromatic heterocycles. The number of hydrogen-bond acceptors (Lipinski definition) is 10. The van der Waals surface area contributed by atoms with Gasteiger partial charge >= 0.3 is 5.69 Å². The SMILES string of the molecule is CC(=O)O.COc1cc([C@H](Nc2ccc(C(=N)N)cc2)c2nn(-c3ncccn3)c(=O)[nH]2)cc2c1OCOC2. The maximum absolute atomic E-state index is 12.7. The zero-order chi connectivity index (χ0) is 27.9. The Kier molecular flexibility index (Phi) is 8.16. The molecule has 0 amide bonds. The summed E-state index contributed by atoms with van der Waals surface area (Å²) < 4.78 is 17.7. The molecule has 0 radical (unpaired) electrons. The van der Waals surface area contributed by atoms with E-state index in [4.69, 9.17) is 35.3 Å². The number of methoxy groups -OCH3 is 1. The maximum atomic E-state index is 12.7. The molecular weight excluding hydrogens is 508 g/mol. The van der Waals surface area contributed by atoms with Crippen LogP contribution in [-0.2, 0) is 16.1 Å². The second kappa shape index (κ2) is 11.9. The lowest BCUT2D eigenvalue weighted by Gasteiger charge is -2.24. The molecule has 2 aromatic carbocycles. The molecule has 39 heavy (non-hydrogen) atoms. The Morgan fingerprint density at radius 2 is 1.95 bits per heavy atom. The molecule has 14 nitrogen and oxygen atoms in total. The number of fused-ring (bicyclic) bond motifs is 1. The lowest BCUT2D eigenvalue weighted by atomic mass is 10.0. The van der Waals surface area contributed by atoms with E-state index in [0.29, 0.717) is 29.5 Å². The van der Waals surface area contributed by atoms with Crippen molar-refractivity contribution in [1.82, 2.24) is 24.7 Å². The topological polar surface area (TPSA) is 203 Å². The number of amidine groups is 1. The lowest BCUT2D eigenvalue weighted by molar-refractivity contribution is -0.134. The number of nitrogens with one attached hydrogen (secondary N) is 3. The van der Waals surface area contributed by atoms with Gasteiger partial charge in [-0.2, -0.15) is 0 Å². The van der Waals surface area contributed by atoms with Gasteiger partial charge in [-0.25, -0.2) is 14.8 Å². The number of aliphatic carboxylic acids is 1. The van der Waals surface area contributed by atoms with E-state index in [9.17, 15) is 4.79 Å². The minimum Gasteiger partial charge on any atom is -0.493 e. The van der Waals surface area contributed by atoms with Crippen LogP contribution in [0.1, 0.15) is 35.5 Å². The monoisotopic (exact) mass is 534 g/mol. The van der Waals surface area contributed by atoms with Gasteiger partial charge in [0, 0.05) is 36.1 Å². The number of hydrogen-bond donors (Lipinski definition) is 5. The highest BCUT2D eigenvalue weighted by molar-refractivity contribution is 5.95. The van der Waals surface area contributed by atoms with Crippen LogP contribution in [0.3, 0.4) is 0 Å². The van der Waals surface area contributed by atoms with E-state index in [1.165, 1.54) is 12.4 Å². The molecule has 6 N–H and O–H groups in total. The number of anilines is 1. The molecule has 4 aromatic rings. The van der Waals surface area contributed by atoms with E-state index in [-0.39, 0.29) is 18.6 Å². The van der Waals surface area contributed by atoms with Gasteiger partial charge < -0.3 is 30.4 Å². The molecule has 1 aliphatic heterocycles. The summed E-state index contributed by atoms with van der Waals surface area (Å²) >= 11 is 0. The van der Waals surface area contributed by atoms with E-state index >= 15 is 0 Å². The van der Waals surface area contributed by atoms with Crippen molar-refractivity contribution in [3.8, 4) is 17.4 Å². The number of rotatable bonds is 7. The summed E-state index contributed by atoms with van der Waals surface area (Å²) in [5, 5.41) is 22.9. The number of carboxylic acid groups (broad SMARTS) is 1. The molecular formula is C25H26N8O6. The quantitative estimate of drug-likeness (QED) is 0.171. The minimum atomic E-state index is -0.833. The van der Waals surface area contributed by atoms with Crippen molar-refractivity contribution in [1.29, 1.82) is 5.41 Å². The highest BCUT2D eigenvalue weighted by Gasteiger charge is 2.25. The molecule has 0 spiro atoms. The predicted molar refractivity (Wildman–Crippen MR) is 139 cm³/mol. The molecule has 202 valence electrons. The molecule has 0 aliphatic carbocycles. The fourth-order valence-electron chi connectivity index (χ4n) is 3.75. The number of nitrogen functional groups attached to an aromatic ring is 1. The Hall–Kier alpha value is -5.24. The van der Waals surface area contributed by atoms with Gasteiger partial charge in [0.15, 0.2) is 24.1 Å². The van der Waals surface area contributed by atoms with E-state index in [2.05, 4.69) is 25.4 Å². The summed E-state index contributed by atoms with van der Waals surface area (Å²) in [4.78, 5) is 32.8. The number of carbonyl (C=O) groups is 1. The first-order chi connectivity index (χ1) is 18.8. The van der Waals surface area contributed by atoms with Gasteiger partial charge in [-0.1, -0.05) is 0 Å². The molecule has 0 fully saturated rings. The van der Waals surface area contributed by atoms with Crippen LogP contribution in [0, 0.1) is 5.41 Å². The zero-order valence-electron chi connectivity index (χ0n) is 21.0. The number of aromatic amines is 1. The number of nitrogens with two attached hydrogens (primary N) is 1. The van der Waals surface area contributed by atoms with Crippen LogP contribution in [0.15, 0.2) is 59.7 Å². The molecule has 3 heterocycles. The number of ether oxygens (including phenoxy) is 3. The molecule has 0 unspecified atom stereocenters. The van der Waals surface area contributed by atoms with Crippen LogP contribution < -0.4 is 26.2 Å². The third kappa shape index (κ3) is 6.37. The van der Waals surface area contributed by atoms with Crippen LogP contribution in [0.2, 0.25) is 0 Å². The smallest absolute Gasteiger partial charge is 0.350 e. The van der Waals surface area contributed by atoms with Gasteiger partial charge in [-0.05, 0) is 48.0 Å². The number of H-pyrrole nitrogens is 1. The summed E-state index contributed by atoms with van der Waals surface area (Å²) in [6.45, 7) is 1.57. The van der Waals surface area contributed by atoms with E-state index in [1.807, 2.05) is 12.1 Å². The molecule has 1 atom stereocenters. The number of carboxylic acids is 1. The van der Waals surface area contributed by atoms with Gasteiger partial charge in [0.05, 0.1) is 13.7 Å². The normalized spacial score (nSPS) is 12.7. The number of benzene rings is 2. The average Bonchev–Trinajstić information content (AvgIpc) is 3.32.